The maximum Gasteiger partial charge on any atom is 0.271 e. The van der Waals surface area contributed by atoms with E-state index in [0.29, 0.717) is 36.8 Å². The third-order valence-electron chi connectivity index (χ3n) is 6.49. The molecule has 156 valence electrons. The SMILES string of the molecule is CC1(C)C(CNC(=O)c2cc3n(n2)CCO3)CC1NC(=O)c1cccn2nccc12. The van der Waals surface area contributed by atoms with Crippen LogP contribution < -0.4 is 15.4 Å². The van der Waals surface area contributed by atoms with Crippen LogP contribution in [0.4, 0.5) is 0 Å². The van der Waals surface area contributed by atoms with Gasteiger partial charge in [0.1, 0.15) is 6.61 Å². The van der Waals surface area contributed by atoms with Gasteiger partial charge in [-0.15, -0.1) is 0 Å². The molecule has 2 amide bonds. The summed E-state index contributed by atoms with van der Waals surface area (Å²) in [6, 6.07) is 7.17. The summed E-state index contributed by atoms with van der Waals surface area (Å²) in [7, 11) is 0. The van der Waals surface area contributed by atoms with Crippen molar-refractivity contribution in [2.45, 2.75) is 32.9 Å². The summed E-state index contributed by atoms with van der Waals surface area (Å²) in [5.41, 5.74) is 1.64. The van der Waals surface area contributed by atoms with Gasteiger partial charge in [-0.05, 0) is 36.0 Å². The molecule has 0 radical (unpaired) electrons. The number of hydrogen-bond donors (Lipinski definition) is 2. The monoisotopic (exact) mass is 408 g/mol. The third-order valence-corrected chi connectivity index (χ3v) is 6.49. The van der Waals surface area contributed by atoms with Crippen LogP contribution in [0.2, 0.25) is 0 Å². The summed E-state index contributed by atoms with van der Waals surface area (Å²) in [5.74, 6) is 0.605. The van der Waals surface area contributed by atoms with Crippen LogP contribution in [0.15, 0.2) is 36.7 Å². The Hall–Kier alpha value is -3.36. The molecule has 9 heteroatoms. The zero-order valence-electron chi connectivity index (χ0n) is 17.0. The van der Waals surface area contributed by atoms with Crippen LogP contribution in [0.25, 0.3) is 5.52 Å². The molecule has 2 aliphatic rings. The van der Waals surface area contributed by atoms with Crippen LogP contribution in [-0.2, 0) is 6.54 Å². The van der Waals surface area contributed by atoms with Crippen LogP contribution in [-0.4, -0.2) is 50.4 Å². The van der Waals surface area contributed by atoms with E-state index in [1.807, 2.05) is 24.4 Å². The molecule has 3 aromatic rings. The van der Waals surface area contributed by atoms with Crippen LogP contribution in [0.1, 0.15) is 41.1 Å². The topological polar surface area (TPSA) is 103 Å². The van der Waals surface area contributed by atoms with E-state index in [1.54, 1.807) is 21.5 Å². The smallest absolute Gasteiger partial charge is 0.271 e. The Bertz CT molecular complexity index is 1110. The minimum atomic E-state index is -0.198. The van der Waals surface area contributed by atoms with E-state index in [9.17, 15) is 9.59 Å². The van der Waals surface area contributed by atoms with Gasteiger partial charge in [0.15, 0.2) is 5.69 Å². The highest BCUT2D eigenvalue weighted by Gasteiger charge is 2.48. The fourth-order valence-electron chi connectivity index (χ4n) is 4.32. The first-order valence-electron chi connectivity index (χ1n) is 10.2. The second-order valence-corrected chi connectivity index (χ2v) is 8.51. The summed E-state index contributed by atoms with van der Waals surface area (Å²) in [5, 5.41) is 14.6. The van der Waals surface area contributed by atoms with Crippen molar-refractivity contribution in [3.8, 4) is 5.88 Å². The second kappa shape index (κ2) is 6.86. The van der Waals surface area contributed by atoms with Crippen molar-refractivity contribution in [2.24, 2.45) is 11.3 Å². The van der Waals surface area contributed by atoms with Gasteiger partial charge in [-0.3, -0.25) is 9.59 Å². The number of ether oxygens (including phenoxy) is 1. The van der Waals surface area contributed by atoms with E-state index in [2.05, 4.69) is 34.7 Å². The Morgan fingerprint density at radius 3 is 2.97 bits per heavy atom. The molecule has 2 N–H and O–H groups in total. The van der Waals surface area contributed by atoms with Crippen molar-refractivity contribution in [1.29, 1.82) is 0 Å². The molecule has 30 heavy (non-hydrogen) atoms. The molecule has 9 nitrogen and oxygen atoms in total. The van der Waals surface area contributed by atoms with E-state index >= 15 is 0 Å². The zero-order chi connectivity index (χ0) is 20.9. The fourth-order valence-corrected chi connectivity index (χ4v) is 4.32. The largest absolute Gasteiger partial charge is 0.476 e. The lowest BCUT2D eigenvalue weighted by atomic mass is 9.58. The number of fused-ring (bicyclic) bond motifs is 2. The first-order valence-corrected chi connectivity index (χ1v) is 10.2. The Kier molecular flexibility index (Phi) is 4.27. The molecule has 3 aromatic heterocycles. The van der Waals surface area contributed by atoms with Gasteiger partial charge in [-0.1, -0.05) is 13.8 Å². The highest BCUT2D eigenvalue weighted by molar-refractivity contribution is 6.00. The predicted molar refractivity (Wildman–Crippen MR) is 108 cm³/mol. The standard InChI is InChI=1S/C21H24N6O3/c1-21(2)13(12-22-20(29)15-11-18-27(25-15)8-9-30-18)10-17(21)24-19(28)14-4-3-7-26-16(14)5-6-23-26/h3-7,11,13,17H,8-10,12H2,1-2H3,(H,22,29)(H,24,28). The number of hydrogen-bond acceptors (Lipinski definition) is 5. The third kappa shape index (κ3) is 3.01. The lowest BCUT2D eigenvalue weighted by Gasteiger charge is -2.52. The Morgan fingerprint density at radius 2 is 2.17 bits per heavy atom. The van der Waals surface area contributed by atoms with Gasteiger partial charge < -0.3 is 15.4 Å². The highest BCUT2D eigenvalue weighted by atomic mass is 16.5. The van der Waals surface area contributed by atoms with Crippen molar-refractivity contribution in [1.82, 2.24) is 30.0 Å². The molecule has 2 unspecified atom stereocenters. The summed E-state index contributed by atoms with van der Waals surface area (Å²) >= 11 is 0. The van der Waals surface area contributed by atoms with Crippen molar-refractivity contribution in [2.75, 3.05) is 13.2 Å². The van der Waals surface area contributed by atoms with Crippen LogP contribution in [0.5, 0.6) is 5.88 Å². The molecule has 0 spiro atoms. The summed E-state index contributed by atoms with van der Waals surface area (Å²) in [4.78, 5) is 25.3. The number of nitrogens with one attached hydrogen (secondary N) is 2. The van der Waals surface area contributed by atoms with Crippen LogP contribution >= 0.6 is 0 Å². The van der Waals surface area contributed by atoms with Crippen LogP contribution in [0.3, 0.4) is 0 Å². The first kappa shape index (κ1) is 18.7. The van der Waals surface area contributed by atoms with E-state index < -0.39 is 0 Å². The van der Waals surface area contributed by atoms with E-state index in [1.165, 1.54) is 0 Å². The van der Waals surface area contributed by atoms with Gasteiger partial charge in [0, 0.05) is 24.8 Å². The molecule has 1 fully saturated rings. The van der Waals surface area contributed by atoms with Gasteiger partial charge in [0.2, 0.25) is 5.88 Å². The van der Waals surface area contributed by atoms with Gasteiger partial charge in [-0.2, -0.15) is 10.2 Å². The maximum atomic E-state index is 12.8. The van der Waals surface area contributed by atoms with E-state index in [4.69, 9.17) is 4.74 Å². The van der Waals surface area contributed by atoms with Gasteiger partial charge in [-0.25, -0.2) is 9.20 Å². The normalized spacial score (nSPS) is 21.5. The maximum absolute atomic E-state index is 12.8. The molecule has 0 saturated heterocycles. The molecule has 1 aliphatic carbocycles. The number of carbonyl (C=O) groups excluding carboxylic acids is 2. The van der Waals surface area contributed by atoms with Crippen molar-refractivity contribution >= 4 is 17.3 Å². The number of aromatic nitrogens is 4. The molecular weight excluding hydrogens is 384 g/mol. The minimum Gasteiger partial charge on any atom is -0.476 e. The Balaban J connectivity index is 1.18. The molecule has 0 aromatic carbocycles. The number of nitrogens with zero attached hydrogens (tertiary/aromatic N) is 4. The molecule has 1 aliphatic heterocycles. The molecule has 5 rings (SSSR count). The average Bonchev–Trinajstić information content (AvgIpc) is 3.44. The van der Waals surface area contributed by atoms with Crippen molar-refractivity contribution in [3.05, 3.63) is 47.9 Å². The first-order chi connectivity index (χ1) is 14.4. The molecule has 4 heterocycles. The highest BCUT2D eigenvalue weighted by Crippen LogP contribution is 2.46. The summed E-state index contributed by atoms with van der Waals surface area (Å²) in [6.45, 7) is 6.06. The fraction of sp³-hybridized carbons (Fsp3) is 0.429. The van der Waals surface area contributed by atoms with Crippen molar-refractivity contribution < 1.29 is 14.3 Å². The number of carbonyl (C=O) groups is 2. The Labute approximate surface area is 173 Å². The molecule has 1 saturated carbocycles. The van der Waals surface area contributed by atoms with Crippen molar-refractivity contribution in [3.63, 3.8) is 0 Å². The van der Waals surface area contributed by atoms with E-state index in [0.717, 1.165) is 11.9 Å². The summed E-state index contributed by atoms with van der Waals surface area (Å²) < 4.78 is 8.80. The number of amides is 2. The lowest BCUT2D eigenvalue weighted by Crippen LogP contribution is -2.60. The number of rotatable bonds is 5. The Morgan fingerprint density at radius 1 is 1.30 bits per heavy atom. The average molecular weight is 408 g/mol. The van der Waals surface area contributed by atoms with E-state index in [-0.39, 0.29) is 29.2 Å². The number of pyridine rings is 1. The second-order valence-electron chi connectivity index (χ2n) is 8.51. The predicted octanol–water partition coefficient (Wildman–Crippen LogP) is 1.50. The molecule has 0 bridgehead atoms. The van der Waals surface area contributed by atoms with Gasteiger partial charge >= 0.3 is 0 Å². The van der Waals surface area contributed by atoms with Crippen LogP contribution in [0, 0.1) is 11.3 Å². The summed E-state index contributed by atoms with van der Waals surface area (Å²) in [6.07, 6.45) is 4.31. The molecular formula is C21H24N6O3. The molecule has 2 atom stereocenters. The lowest BCUT2D eigenvalue weighted by molar-refractivity contribution is 0.0150. The van der Waals surface area contributed by atoms with Gasteiger partial charge in [0.05, 0.1) is 23.8 Å². The zero-order valence-corrected chi connectivity index (χ0v) is 17.0. The minimum absolute atomic E-state index is 0.0416. The quantitative estimate of drug-likeness (QED) is 0.666. The van der Waals surface area contributed by atoms with Gasteiger partial charge in [0.25, 0.3) is 11.8 Å².